The van der Waals surface area contributed by atoms with Gasteiger partial charge in [-0.3, -0.25) is 4.79 Å². The molecule has 1 amide bonds. The largest absolute Gasteiger partial charge is 0.475 e. The Balaban J connectivity index is 2.00. The van der Waals surface area contributed by atoms with Crippen LogP contribution in [0.2, 0.25) is 0 Å². The van der Waals surface area contributed by atoms with E-state index in [-0.39, 0.29) is 5.91 Å². The van der Waals surface area contributed by atoms with E-state index < -0.39 is 5.60 Å². The zero-order chi connectivity index (χ0) is 18.3. The average Bonchev–Trinajstić information content (AvgIpc) is 2.60. The van der Waals surface area contributed by atoms with Crippen LogP contribution in [0.5, 0.6) is 5.88 Å². The highest BCUT2D eigenvalue weighted by molar-refractivity contribution is 5.97. The van der Waals surface area contributed by atoms with Crippen molar-refractivity contribution in [2.75, 3.05) is 32.2 Å². The van der Waals surface area contributed by atoms with Gasteiger partial charge in [0.25, 0.3) is 5.91 Å². The summed E-state index contributed by atoms with van der Waals surface area (Å²) in [6.45, 7) is 7.62. The van der Waals surface area contributed by atoms with Gasteiger partial charge >= 0.3 is 0 Å². The molecule has 140 valence electrons. The standard InChI is InChI=1S/C19H30N2O4/c1-5-24-11-12-25-17-9-8-16(15(3)20-17)21-18(22)19(23-4)10-6-7-14(2)13-19/h8-9,14H,5-7,10-13H2,1-4H3,(H,21,22)/t14-,19+/m0/s1. The monoisotopic (exact) mass is 350 g/mol. The van der Waals surface area contributed by atoms with E-state index in [9.17, 15) is 4.79 Å². The lowest BCUT2D eigenvalue weighted by molar-refractivity contribution is -0.143. The van der Waals surface area contributed by atoms with Crippen LogP contribution in [0.1, 0.15) is 45.2 Å². The molecule has 6 nitrogen and oxygen atoms in total. The van der Waals surface area contributed by atoms with E-state index >= 15 is 0 Å². The first-order valence-corrected chi connectivity index (χ1v) is 9.05. The van der Waals surface area contributed by atoms with Crippen molar-refractivity contribution in [2.45, 2.75) is 52.1 Å². The molecule has 6 heteroatoms. The number of rotatable bonds is 8. The number of anilines is 1. The van der Waals surface area contributed by atoms with E-state index in [1.165, 1.54) is 0 Å². The van der Waals surface area contributed by atoms with Crippen molar-refractivity contribution in [3.63, 3.8) is 0 Å². The van der Waals surface area contributed by atoms with Gasteiger partial charge in [0.15, 0.2) is 0 Å². The Hall–Kier alpha value is -1.66. The topological polar surface area (TPSA) is 69.7 Å². The Bertz CT molecular complexity index is 579. The molecule has 0 spiro atoms. The molecule has 1 heterocycles. The van der Waals surface area contributed by atoms with Gasteiger partial charge in [0, 0.05) is 19.8 Å². The number of pyridine rings is 1. The van der Waals surface area contributed by atoms with Crippen molar-refractivity contribution >= 4 is 11.6 Å². The summed E-state index contributed by atoms with van der Waals surface area (Å²) in [7, 11) is 1.62. The van der Waals surface area contributed by atoms with Crippen molar-refractivity contribution in [3.05, 3.63) is 17.8 Å². The molecule has 0 aliphatic heterocycles. The molecule has 2 atom stereocenters. The van der Waals surface area contributed by atoms with E-state index in [1.54, 1.807) is 13.2 Å². The van der Waals surface area contributed by atoms with E-state index in [0.717, 1.165) is 31.4 Å². The van der Waals surface area contributed by atoms with Crippen LogP contribution < -0.4 is 10.1 Å². The highest BCUT2D eigenvalue weighted by Gasteiger charge is 2.42. The van der Waals surface area contributed by atoms with E-state index in [4.69, 9.17) is 14.2 Å². The molecule has 1 aliphatic rings. The van der Waals surface area contributed by atoms with Gasteiger partial charge in [-0.2, -0.15) is 0 Å². The fourth-order valence-electron chi connectivity index (χ4n) is 3.32. The molecule has 1 aromatic heterocycles. The molecule has 25 heavy (non-hydrogen) atoms. The number of nitrogens with zero attached hydrogens (tertiary/aromatic N) is 1. The van der Waals surface area contributed by atoms with E-state index in [2.05, 4.69) is 17.2 Å². The minimum atomic E-state index is -0.739. The summed E-state index contributed by atoms with van der Waals surface area (Å²) < 4.78 is 16.4. The lowest BCUT2D eigenvalue weighted by Crippen LogP contribution is -2.48. The summed E-state index contributed by atoms with van der Waals surface area (Å²) >= 11 is 0. The van der Waals surface area contributed by atoms with Crippen LogP contribution in [0.25, 0.3) is 0 Å². The molecule has 0 aromatic carbocycles. The molecule has 1 aliphatic carbocycles. The van der Waals surface area contributed by atoms with Crippen LogP contribution in [-0.2, 0) is 14.3 Å². The second kappa shape index (κ2) is 9.15. The number of carbonyl (C=O) groups is 1. The fraction of sp³-hybridized carbons (Fsp3) is 0.684. The molecule has 1 aromatic rings. The second-order valence-electron chi connectivity index (χ2n) is 6.68. The van der Waals surface area contributed by atoms with Gasteiger partial charge in [0.1, 0.15) is 12.2 Å². The molecule has 1 N–H and O–H groups in total. The van der Waals surface area contributed by atoms with Crippen molar-refractivity contribution in [1.29, 1.82) is 0 Å². The number of amides is 1. The van der Waals surface area contributed by atoms with E-state index in [1.807, 2.05) is 19.9 Å². The van der Waals surface area contributed by atoms with Gasteiger partial charge in [0.05, 0.1) is 18.0 Å². The number of aromatic nitrogens is 1. The normalized spacial score (nSPS) is 23.3. The van der Waals surface area contributed by atoms with Gasteiger partial charge in [0.2, 0.25) is 5.88 Å². The van der Waals surface area contributed by atoms with Gasteiger partial charge < -0.3 is 19.5 Å². The Labute approximate surface area is 150 Å². The minimum Gasteiger partial charge on any atom is -0.475 e. The van der Waals surface area contributed by atoms with Crippen LogP contribution in [0, 0.1) is 12.8 Å². The first kappa shape index (κ1) is 19.7. The van der Waals surface area contributed by atoms with E-state index in [0.29, 0.717) is 37.3 Å². The quantitative estimate of drug-likeness (QED) is 0.728. The molecule has 0 bridgehead atoms. The van der Waals surface area contributed by atoms with Crippen LogP contribution in [0.3, 0.4) is 0 Å². The lowest BCUT2D eigenvalue weighted by atomic mass is 9.78. The third-order valence-corrected chi connectivity index (χ3v) is 4.75. The Morgan fingerprint density at radius 3 is 2.84 bits per heavy atom. The summed E-state index contributed by atoms with van der Waals surface area (Å²) in [6, 6.07) is 3.59. The molecular weight excluding hydrogens is 320 g/mol. The first-order chi connectivity index (χ1) is 12.0. The van der Waals surface area contributed by atoms with Crippen molar-refractivity contribution in [2.24, 2.45) is 5.92 Å². The van der Waals surface area contributed by atoms with Crippen molar-refractivity contribution in [3.8, 4) is 5.88 Å². The predicted octanol–water partition coefficient (Wildman–Crippen LogP) is 3.34. The van der Waals surface area contributed by atoms with Crippen LogP contribution in [-0.4, -0.2) is 43.4 Å². The number of ether oxygens (including phenoxy) is 3. The maximum absolute atomic E-state index is 12.8. The third-order valence-electron chi connectivity index (χ3n) is 4.75. The van der Waals surface area contributed by atoms with Crippen molar-refractivity contribution in [1.82, 2.24) is 4.98 Å². The maximum Gasteiger partial charge on any atom is 0.256 e. The zero-order valence-corrected chi connectivity index (χ0v) is 15.8. The summed E-state index contributed by atoms with van der Waals surface area (Å²) in [5.41, 5.74) is 0.672. The third kappa shape index (κ3) is 5.16. The second-order valence-corrected chi connectivity index (χ2v) is 6.68. The number of nitrogens with one attached hydrogen (secondary N) is 1. The first-order valence-electron chi connectivity index (χ1n) is 9.05. The number of methoxy groups -OCH3 is 1. The van der Waals surface area contributed by atoms with Crippen LogP contribution in [0.15, 0.2) is 12.1 Å². The fourth-order valence-corrected chi connectivity index (χ4v) is 3.32. The Kier molecular flexibility index (Phi) is 7.20. The summed E-state index contributed by atoms with van der Waals surface area (Å²) in [5.74, 6) is 0.930. The molecule has 1 saturated carbocycles. The molecular formula is C19H30N2O4. The summed E-state index contributed by atoms with van der Waals surface area (Å²) in [6.07, 6.45) is 3.66. The van der Waals surface area contributed by atoms with Gasteiger partial charge in [-0.15, -0.1) is 0 Å². The van der Waals surface area contributed by atoms with Gasteiger partial charge in [-0.05, 0) is 45.1 Å². The number of hydrogen-bond acceptors (Lipinski definition) is 5. The predicted molar refractivity (Wildman–Crippen MR) is 97.0 cm³/mol. The smallest absolute Gasteiger partial charge is 0.256 e. The SMILES string of the molecule is CCOCCOc1ccc(NC(=O)[C@@]2(OC)CCC[C@H](C)C2)c(C)n1. The highest BCUT2D eigenvalue weighted by atomic mass is 16.5. The van der Waals surface area contributed by atoms with Gasteiger partial charge in [-0.1, -0.05) is 13.3 Å². The van der Waals surface area contributed by atoms with Crippen molar-refractivity contribution < 1.29 is 19.0 Å². The summed E-state index contributed by atoms with van der Waals surface area (Å²) in [4.78, 5) is 17.2. The maximum atomic E-state index is 12.8. The highest BCUT2D eigenvalue weighted by Crippen LogP contribution is 2.36. The molecule has 0 radical (unpaired) electrons. The van der Waals surface area contributed by atoms with Crippen LogP contribution >= 0.6 is 0 Å². The molecule has 0 unspecified atom stereocenters. The zero-order valence-electron chi connectivity index (χ0n) is 15.8. The number of carbonyl (C=O) groups excluding carboxylic acids is 1. The number of aryl methyl sites for hydroxylation is 1. The lowest BCUT2D eigenvalue weighted by Gasteiger charge is -2.37. The molecule has 0 saturated heterocycles. The molecule has 2 rings (SSSR count). The Morgan fingerprint density at radius 1 is 1.40 bits per heavy atom. The van der Waals surface area contributed by atoms with Crippen LogP contribution in [0.4, 0.5) is 5.69 Å². The van der Waals surface area contributed by atoms with Gasteiger partial charge in [-0.25, -0.2) is 4.98 Å². The summed E-state index contributed by atoms with van der Waals surface area (Å²) in [5, 5.41) is 2.99. The average molecular weight is 350 g/mol. The number of hydrogen-bond donors (Lipinski definition) is 1. The molecule has 1 fully saturated rings. The Morgan fingerprint density at radius 2 is 2.20 bits per heavy atom. The minimum absolute atomic E-state index is 0.0866.